The van der Waals surface area contributed by atoms with Crippen LogP contribution in [0, 0.1) is 0 Å². The third kappa shape index (κ3) is 2.65. The van der Waals surface area contributed by atoms with Gasteiger partial charge in [0.15, 0.2) is 0 Å². The number of hydrogen-bond donors (Lipinski definition) is 1. The zero-order valence-electron chi connectivity index (χ0n) is 9.19. The Morgan fingerprint density at radius 2 is 1.65 bits per heavy atom. The topological polar surface area (TPSA) is 23.5 Å². The predicted molar refractivity (Wildman–Crippen MR) is 72.6 cm³/mol. The molecule has 0 amide bonds. The van der Waals surface area contributed by atoms with Gasteiger partial charge in [0.1, 0.15) is 5.75 Å². The molecule has 0 fully saturated rings. The van der Waals surface area contributed by atoms with Crippen molar-refractivity contribution in [2.45, 2.75) is 0 Å². The maximum Gasteiger partial charge on any atom is 0.115 e. The molecule has 2 nitrogen and oxygen atoms in total. The third-order valence-electron chi connectivity index (χ3n) is 2.51. The number of phenolic OH excluding ortho intramolecular Hbond substituents is 1. The second-order valence-corrected chi connectivity index (χ2v) is 4.51. The molecule has 1 N–H and O–H groups in total. The summed E-state index contributed by atoms with van der Waals surface area (Å²) in [5.41, 5.74) is 1.80. The van der Waals surface area contributed by atoms with E-state index in [2.05, 4.69) is 0 Å². The molecule has 0 saturated heterocycles. The first-order valence-corrected chi connectivity index (χ1v) is 5.81. The van der Waals surface area contributed by atoms with E-state index in [-0.39, 0.29) is 5.75 Å². The number of anilines is 2. The van der Waals surface area contributed by atoms with Crippen molar-refractivity contribution in [2.24, 2.45) is 0 Å². The van der Waals surface area contributed by atoms with Gasteiger partial charge in [0, 0.05) is 17.8 Å². The van der Waals surface area contributed by atoms with E-state index in [1.807, 2.05) is 30.1 Å². The minimum absolute atomic E-state index is 0.240. The van der Waals surface area contributed by atoms with Crippen LogP contribution in [-0.4, -0.2) is 12.2 Å². The van der Waals surface area contributed by atoms with Gasteiger partial charge in [-0.25, -0.2) is 0 Å². The van der Waals surface area contributed by atoms with E-state index in [9.17, 15) is 5.11 Å². The lowest BCUT2D eigenvalue weighted by Gasteiger charge is -2.20. The van der Waals surface area contributed by atoms with Crippen LogP contribution in [0.3, 0.4) is 0 Å². The maximum absolute atomic E-state index is 9.24. The number of benzene rings is 2. The first-order valence-electron chi connectivity index (χ1n) is 5.06. The Hall–Kier alpha value is -1.38. The molecule has 0 radical (unpaired) electrons. The summed E-state index contributed by atoms with van der Waals surface area (Å²) in [6.45, 7) is 0. The molecule has 0 bridgehead atoms. The van der Waals surface area contributed by atoms with Crippen LogP contribution < -0.4 is 4.90 Å². The standard InChI is InChI=1S/C13H11Cl2NO/c1-16(10-3-5-11(17)6-4-10)13-7-2-9(14)8-12(13)15/h2-8,17H,1H3. The molecule has 0 heterocycles. The SMILES string of the molecule is CN(c1ccc(O)cc1)c1ccc(Cl)cc1Cl. The molecule has 0 aliphatic rings. The van der Waals surface area contributed by atoms with Crippen molar-refractivity contribution in [1.29, 1.82) is 0 Å². The predicted octanol–water partition coefficient (Wildman–Crippen LogP) is 4.47. The van der Waals surface area contributed by atoms with E-state index in [0.29, 0.717) is 10.0 Å². The Morgan fingerprint density at radius 3 is 2.24 bits per heavy atom. The van der Waals surface area contributed by atoms with Crippen molar-refractivity contribution in [3.8, 4) is 5.75 Å². The molecule has 0 aromatic heterocycles. The fraction of sp³-hybridized carbons (Fsp3) is 0.0769. The first kappa shape index (κ1) is 12.1. The summed E-state index contributed by atoms with van der Waals surface area (Å²) in [4.78, 5) is 1.93. The third-order valence-corrected chi connectivity index (χ3v) is 3.05. The van der Waals surface area contributed by atoms with Crippen molar-refractivity contribution in [2.75, 3.05) is 11.9 Å². The summed E-state index contributed by atoms with van der Waals surface area (Å²) in [5.74, 6) is 0.240. The van der Waals surface area contributed by atoms with E-state index < -0.39 is 0 Å². The highest BCUT2D eigenvalue weighted by molar-refractivity contribution is 6.36. The van der Waals surface area contributed by atoms with Crippen molar-refractivity contribution in [3.05, 3.63) is 52.5 Å². The molecule has 0 atom stereocenters. The van der Waals surface area contributed by atoms with E-state index in [0.717, 1.165) is 11.4 Å². The second-order valence-electron chi connectivity index (χ2n) is 3.67. The second kappa shape index (κ2) is 4.86. The molecule has 0 spiro atoms. The molecule has 2 aromatic carbocycles. The lowest BCUT2D eigenvalue weighted by molar-refractivity contribution is 0.475. The lowest BCUT2D eigenvalue weighted by atomic mass is 10.2. The first-order chi connectivity index (χ1) is 8.08. The Bertz CT molecular complexity index is 525. The van der Waals surface area contributed by atoms with Gasteiger partial charge in [-0.3, -0.25) is 0 Å². The minimum Gasteiger partial charge on any atom is -0.508 e. The number of aromatic hydroxyl groups is 1. The van der Waals surface area contributed by atoms with Crippen molar-refractivity contribution in [1.82, 2.24) is 0 Å². The highest BCUT2D eigenvalue weighted by Crippen LogP contribution is 2.32. The minimum atomic E-state index is 0.240. The number of halogens is 2. The summed E-state index contributed by atoms with van der Waals surface area (Å²) in [6.07, 6.45) is 0. The Balaban J connectivity index is 2.36. The average Bonchev–Trinajstić information content (AvgIpc) is 2.29. The largest absolute Gasteiger partial charge is 0.508 e. The molecule has 4 heteroatoms. The van der Waals surface area contributed by atoms with Crippen LogP contribution in [0.15, 0.2) is 42.5 Å². The number of rotatable bonds is 2. The Kier molecular flexibility index (Phi) is 3.46. The molecule has 0 unspecified atom stereocenters. The van der Waals surface area contributed by atoms with Crippen LogP contribution in [0.1, 0.15) is 0 Å². The quantitative estimate of drug-likeness (QED) is 0.868. The van der Waals surface area contributed by atoms with Crippen LogP contribution in [0.25, 0.3) is 0 Å². The highest BCUT2D eigenvalue weighted by atomic mass is 35.5. The van der Waals surface area contributed by atoms with Crippen molar-refractivity contribution in [3.63, 3.8) is 0 Å². The molecule has 17 heavy (non-hydrogen) atoms. The molecular formula is C13H11Cl2NO. The van der Waals surface area contributed by atoms with Crippen molar-refractivity contribution < 1.29 is 5.11 Å². The zero-order valence-corrected chi connectivity index (χ0v) is 10.7. The molecule has 2 rings (SSSR count). The van der Waals surface area contributed by atoms with E-state index in [1.165, 1.54) is 0 Å². The molecule has 0 aliphatic carbocycles. The monoisotopic (exact) mass is 267 g/mol. The van der Waals surface area contributed by atoms with Crippen LogP contribution in [0.4, 0.5) is 11.4 Å². The van der Waals surface area contributed by atoms with Crippen LogP contribution in [0.5, 0.6) is 5.75 Å². The zero-order chi connectivity index (χ0) is 12.4. The fourth-order valence-electron chi connectivity index (χ4n) is 1.57. The summed E-state index contributed by atoms with van der Waals surface area (Å²) in [6, 6.07) is 12.3. The number of hydrogen-bond acceptors (Lipinski definition) is 2. The van der Waals surface area contributed by atoms with Gasteiger partial charge < -0.3 is 10.0 Å². The molecule has 0 aliphatic heterocycles. The Labute approximate surface area is 110 Å². The van der Waals surface area contributed by atoms with Gasteiger partial charge in [-0.1, -0.05) is 23.2 Å². The normalized spacial score (nSPS) is 10.3. The Morgan fingerprint density at radius 1 is 1.00 bits per heavy atom. The number of phenols is 1. The van der Waals surface area contributed by atoms with Crippen molar-refractivity contribution >= 4 is 34.6 Å². The van der Waals surface area contributed by atoms with Gasteiger partial charge in [0.05, 0.1) is 10.7 Å². The molecule has 0 saturated carbocycles. The van der Waals surface area contributed by atoms with Gasteiger partial charge in [-0.15, -0.1) is 0 Å². The highest BCUT2D eigenvalue weighted by Gasteiger charge is 2.08. The van der Waals surface area contributed by atoms with Gasteiger partial charge in [0.2, 0.25) is 0 Å². The summed E-state index contributed by atoms with van der Waals surface area (Å²) in [5, 5.41) is 10.4. The van der Waals surface area contributed by atoms with Gasteiger partial charge in [-0.05, 0) is 42.5 Å². The van der Waals surface area contributed by atoms with Gasteiger partial charge in [0.25, 0.3) is 0 Å². The fourth-order valence-corrected chi connectivity index (χ4v) is 2.10. The smallest absolute Gasteiger partial charge is 0.115 e. The lowest BCUT2D eigenvalue weighted by Crippen LogP contribution is -2.09. The molecular weight excluding hydrogens is 257 g/mol. The molecule has 2 aromatic rings. The molecule has 88 valence electrons. The average molecular weight is 268 g/mol. The van der Waals surface area contributed by atoms with E-state index in [4.69, 9.17) is 23.2 Å². The number of nitrogens with zero attached hydrogens (tertiary/aromatic N) is 1. The summed E-state index contributed by atoms with van der Waals surface area (Å²) in [7, 11) is 1.90. The maximum atomic E-state index is 9.24. The van der Waals surface area contributed by atoms with Gasteiger partial charge >= 0.3 is 0 Å². The summed E-state index contributed by atoms with van der Waals surface area (Å²) >= 11 is 12.0. The van der Waals surface area contributed by atoms with Crippen LogP contribution in [0.2, 0.25) is 10.0 Å². The van der Waals surface area contributed by atoms with E-state index in [1.54, 1.807) is 24.3 Å². The van der Waals surface area contributed by atoms with Crippen LogP contribution >= 0.6 is 23.2 Å². The van der Waals surface area contributed by atoms with Crippen LogP contribution in [-0.2, 0) is 0 Å². The summed E-state index contributed by atoms with van der Waals surface area (Å²) < 4.78 is 0. The van der Waals surface area contributed by atoms with Gasteiger partial charge in [-0.2, -0.15) is 0 Å². The van der Waals surface area contributed by atoms with E-state index >= 15 is 0 Å².